The molecule has 0 radical (unpaired) electrons. The first-order valence-corrected chi connectivity index (χ1v) is 6.80. The van der Waals surface area contributed by atoms with Crippen LogP contribution >= 0.6 is 0 Å². The first-order chi connectivity index (χ1) is 10.3. The van der Waals surface area contributed by atoms with E-state index in [1.807, 2.05) is 55.6 Å². The highest BCUT2D eigenvalue weighted by Gasteiger charge is 2.06. The minimum absolute atomic E-state index is 0.539. The third kappa shape index (κ3) is 2.74. The topological polar surface area (TPSA) is 60.2 Å². The predicted octanol–water partition coefficient (Wildman–Crippen LogP) is 3.44. The van der Waals surface area contributed by atoms with E-state index in [0.29, 0.717) is 12.3 Å². The van der Waals surface area contributed by atoms with Crippen LogP contribution in [0, 0.1) is 0 Å². The van der Waals surface area contributed by atoms with Gasteiger partial charge in [0.2, 0.25) is 0 Å². The summed E-state index contributed by atoms with van der Waals surface area (Å²) in [4.78, 5) is 4.33. The molecule has 0 aliphatic heterocycles. The number of anilines is 2. The van der Waals surface area contributed by atoms with Crippen LogP contribution in [0.5, 0.6) is 5.75 Å². The molecular formula is C17H17N3O. The third-order valence-corrected chi connectivity index (χ3v) is 3.37. The lowest BCUT2D eigenvalue weighted by Gasteiger charge is -2.11. The van der Waals surface area contributed by atoms with E-state index in [1.165, 1.54) is 0 Å². The molecule has 0 atom stereocenters. The van der Waals surface area contributed by atoms with Gasteiger partial charge in [-0.25, -0.2) is 0 Å². The van der Waals surface area contributed by atoms with Crippen molar-refractivity contribution in [2.75, 3.05) is 18.1 Å². The molecule has 0 fully saturated rings. The molecule has 0 aliphatic rings. The van der Waals surface area contributed by atoms with E-state index >= 15 is 0 Å². The maximum absolute atomic E-state index is 5.95. The van der Waals surface area contributed by atoms with Crippen molar-refractivity contribution in [2.45, 2.75) is 6.61 Å². The molecule has 0 spiro atoms. The lowest BCUT2D eigenvalue weighted by atomic mass is 10.1. The number of nitrogen functional groups attached to an aromatic ring is 1. The van der Waals surface area contributed by atoms with E-state index in [1.54, 1.807) is 6.20 Å². The molecule has 1 heterocycles. The number of hydrogen-bond acceptors (Lipinski definition) is 4. The second-order valence-corrected chi connectivity index (χ2v) is 4.79. The maximum atomic E-state index is 5.95. The van der Waals surface area contributed by atoms with Gasteiger partial charge in [0.1, 0.15) is 12.4 Å². The lowest BCUT2D eigenvalue weighted by Crippen LogP contribution is -1.99. The van der Waals surface area contributed by atoms with Gasteiger partial charge in [-0.1, -0.05) is 30.3 Å². The van der Waals surface area contributed by atoms with Gasteiger partial charge in [0, 0.05) is 12.4 Å². The highest BCUT2D eigenvalue weighted by atomic mass is 16.5. The number of ether oxygens (including phenoxy) is 1. The second kappa shape index (κ2) is 5.71. The first-order valence-electron chi connectivity index (χ1n) is 6.80. The van der Waals surface area contributed by atoms with Gasteiger partial charge in [0.15, 0.2) is 0 Å². The Labute approximate surface area is 123 Å². The summed E-state index contributed by atoms with van der Waals surface area (Å²) in [6.45, 7) is 0.539. The van der Waals surface area contributed by atoms with Crippen molar-refractivity contribution in [1.82, 2.24) is 4.98 Å². The van der Waals surface area contributed by atoms with Crippen molar-refractivity contribution in [3.8, 4) is 5.75 Å². The van der Waals surface area contributed by atoms with Crippen molar-refractivity contribution in [3.63, 3.8) is 0 Å². The van der Waals surface area contributed by atoms with Crippen LogP contribution in [-0.4, -0.2) is 12.0 Å². The van der Waals surface area contributed by atoms with E-state index in [0.717, 1.165) is 27.9 Å². The molecule has 4 nitrogen and oxygen atoms in total. The molecule has 3 N–H and O–H groups in total. The maximum Gasteiger partial charge on any atom is 0.120 e. The molecule has 0 aliphatic carbocycles. The van der Waals surface area contributed by atoms with Gasteiger partial charge in [-0.3, -0.25) is 4.98 Å². The molecule has 0 unspecified atom stereocenters. The predicted molar refractivity (Wildman–Crippen MR) is 86.5 cm³/mol. The number of nitrogens with zero attached hydrogens (tertiary/aromatic N) is 1. The highest BCUT2D eigenvalue weighted by molar-refractivity contribution is 5.97. The fraction of sp³-hybridized carbons (Fsp3) is 0.118. The van der Waals surface area contributed by atoms with Crippen LogP contribution in [0.25, 0.3) is 10.9 Å². The Hall–Kier alpha value is -2.75. The zero-order valence-electron chi connectivity index (χ0n) is 11.8. The number of fused-ring (bicyclic) bond motifs is 1. The standard InChI is InChI=1S/C17H17N3O/c1-19-17-14-9-13(7-8-16(14)20-10-15(17)18)21-11-12-5-3-2-4-6-12/h2-10H,11,18H2,1H3,(H,19,20). The van der Waals surface area contributed by atoms with E-state index in [2.05, 4.69) is 10.3 Å². The minimum atomic E-state index is 0.539. The number of benzene rings is 2. The van der Waals surface area contributed by atoms with Gasteiger partial charge >= 0.3 is 0 Å². The quantitative estimate of drug-likeness (QED) is 0.768. The Kier molecular flexibility index (Phi) is 3.60. The molecule has 3 rings (SSSR count). The van der Waals surface area contributed by atoms with Crippen molar-refractivity contribution in [3.05, 3.63) is 60.3 Å². The second-order valence-electron chi connectivity index (χ2n) is 4.79. The Bertz CT molecular complexity index is 757. The molecule has 0 saturated carbocycles. The highest BCUT2D eigenvalue weighted by Crippen LogP contribution is 2.30. The molecule has 106 valence electrons. The summed E-state index contributed by atoms with van der Waals surface area (Å²) in [5, 5.41) is 4.08. The largest absolute Gasteiger partial charge is 0.489 e. The van der Waals surface area contributed by atoms with Crippen LogP contribution < -0.4 is 15.8 Å². The van der Waals surface area contributed by atoms with Crippen LogP contribution in [0.1, 0.15) is 5.56 Å². The Morgan fingerprint density at radius 2 is 1.95 bits per heavy atom. The van der Waals surface area contributed by atoms with Crippen LogP contribution in [0.3, 0.4) is 0 Å². The van der Waals surface area contributed by atoms with Crippen molar-refractivity contribution in [1.29, 1.82) is 0 Å². The van der Waals surface area contributed by atoms with Crippen LogP contribution in [0.2, 0.25) is 0 Å². The Balaban J connectivity index is 1.90. The van der Waals surface area contributed by atoms with Crippen LogP contribution in [-0.2, 0) is 6.61 Å². The number of nitrogens with one attached hydrogen (secondary N) is 1. The molecule has 3 aromatic rings. The van der Waals surface area contributed by atoms with Crippen LogP contribution in [0.15, 0.2) is 54.7 Å². The molecule has 2 aromatic carbocycles. The number of nitrogens with two attached hydrogens (primary N) is 1. The van der Waals surface area contributed by atoms with Gasteiger partial charge < -0.3 is 15.8 Å². The average molecular weight is 279 g/mol. The average Bonchev–Trinajstić information content (AvgIpc) is 2.53. The molecule has 4 heteroatoms. The Morgan fingerprint density at radius 1 is 1.14 bits per heavy atom. The summed E-state index contributed by atoms with van der Waals surface area (Å²) in [5.41, 5.74) is 9.48. The van der Waals surface area contributed by atoms with E-state index in [-0.39, 0.29) is 0 Å². The number of pyridine rings is 1. The lowest BCUT2D eigenvalue weighted by molar-refractivity contribution is 0.306. The summed E-state index contributed by atoms with van der Waals surface area (Å²) in [7, 11) is 1.85. The summed E-state index contributed by atoms with van der Waals surface area (Å²) >= 11 is 0. The fourth-order valence-electron chi connectivity index (χ4n) is 2.30. The van der Waals surface area contributed by atoms with Gasteiger partial charge in [-0.05, 0) is 23.8 Å². The molecule has 0 saturated heterocycles. The zero-order chi connectivity index (χ0) is 14.7. The van der Waals surface area contributed by atoms with Gasteiger partial charge in [-0.15, -0.1) is 0 Å². The third-order valence-electron chi connectivity index (χ3n) is 3.37. The molecule has 21 heavy (non-hydrogen) atoms. The fourth-order valence-corrected chi connectivity index (χ4v) is 2.30. The van der Waals surface area contributed by atoms with Crippen molar-refractivity contribution in [2.24, 2.45) is 0 Å². The van der Waals surface area contributed by atoms with Crippen molar-refractivity contribution < 1.29 is 4.74 Å². The van der Waals surface area contributed by atoms with Gasteiger partial charge in [-0.2, -0.15) is 0 Å². The molecule has 1 aromatic heterocycles. The number of hydrogen-bond donors (Lipinski definition) is 2. The molecular weight excluding hydrogens is 262 g/mol. The summed E-state index contributed by atoms with van der Waals surface area (Å²) < 4.78 is 5.84. The van der Waals surface area contributed by atoms with Gasteiger partial charge in [0.25, 0.3) is 0 Å². The van der Waals surface area contributed by atoms with E-state index in [9.17, 15) is 0 Å². The SMILES string of the molecule is CNc1c(N)cnc2ccc(OCc3ccccc3)cc12. The monoisotopic (exact) mass is 279 g/mol. The minimum Gasteiger partial charge on any atom is -0.489 e. The van der Waals surface area contributed by atoms with Gasteiger partial charge in [0.05, 0.1) is 23.1 Å². The zero-order valence-corrected chi connectivity index (χ0v) is 11.8. The summed E-state index contributed by atoms with van der Waals surface area (Å²) in [6.07, 6.45) is 1.67. The van der Waals surface area contributed by atoms with E-state index < -0.39 is 0 Å². The van der Waals surface area contributed by atoms with Crippen LogP contribution in [0.4, 0.5) is 11.4 Å². The van der Waals surface area contributed by atoms with E-state index in [4.69, 9.17) is 10.5 Å². The molecule has 0 amide bonds. The van der Waals surface area contributed by atoms with Crippen molar-refractivity contribution >= 4 is 22.3 Å². The normalized spacial score (nSPS) is 10.5. The number of aromatic nitrogens is 1. The summed E-state index contributed by atoms with van der Waals surface area (Å²) in [5.74, 6) is 0.801. The summed E-state index contributed by atoms with van der Waals surface area (Å²) in [6, 6.07) is 15.9. The number of rotatable bonds is 4. The molecule has 0 bridgehead atoms. The first kappa shape index (κ1) is 13.2. The smallest absolute Gasteiger partial charge is 0.120 e. The Morgan fingerprint density at radius 3 is 2.71 bits per heavy atom.